The van der Waals surface area contributed by atoms with Gasteiger partial charge in [-0.25, -0.2) is 5.84 Å². The Morgan fingerprint density at radius 1 is 1.40 bits per heavy atom. The van der Waals surface area contributed by atoms with Crippen molar-refractivity contribution in [1.82, 2.24) is 26.0 Å². The maximum atomic E-state index is 11.4. The van der Waals surface area contributed by atoms with E-state index in [-0.39, 0.29) is 0 Å². The van der Waals surface area contributed by atoms with Crippen molar-refractivity contribution in [2.24, 2.45) is 5.84 Å². The summed E-state index contributed by atoms with van der Waals surface area (Å²) < 4.78 is 0. The molecule has 2 aromatic rings. The number of carbonyl (C=O) groups excluding carboxylic acids is 1. The highest BCUT2D eigenvalue weighted by Gasteiger charge is 2.13. The van der Waals surface area contributed by atoms with Gasteiger partial charge in [0.1, 0.15) is 0 Å². The van der Waals surface area contributed by atoms with E-state index in [1.807, 2.05) is 0 Å². The van der Waals surface area contributed by atoms with Crippen LogP contribution >= 0.6 is 0 Å². The van der Waals surface area contributed by atoms with Crippen LogP contribution in [0, 0.1) is 0 Å². The third-order valence-electron chi connectivity index (χ3n) is 1.89. The van der Waals surface area contributed by atoms with Gasteiger partial charge < -0.3 is 0 Å². The Morgan fingerprint density at radius 3 is 2.87 bits per heavy atom. The van der Waals surface area contributed by atoms with Crippen molar-refractivity contribution >= 4 is 5.91 Å². The summed E-state index contributed by atoms with van der Waals surface area (Å²) in [5, 5.41) is 13.3. The molecule has 0 atom stereocenters. The molecule has 4 N–H and O–H groups in total. The van der Waals surface area contributed by atoms with Crippen molar-refractivity contribution in [3.05, 3.63) is 29.8 Å². The number of aromatic nitrogens is 4. The van der Waals surface area contributed by atoms with E-state index in [9.17, 15) is 4.79 Å². The molecular formula is C8H8N6O. The Morgan fingerprint density at radius 2 is 2.20 bits per heavy atom. The number of nitrogens with one attached hydrogen (secondary N) is 2. The van der Waals surface area contributed by atoms with Crippen LogP contribution in [0.5, 0.6) is 0 Å². The lowest BCUT2D eigenvalue weighted by Crippen LogP contribution is -2.30. The quantitative estimate of drug-likeness (QED) is 0.346. The number of tetrazole rings is 1. The van der Waals surface area contributed by atoms with Crippen molar-refractivity contribution < 1.29 is 4.79 Å². The molecule has 0 saturated heterocycles. The molecule has 1 amide bonds. The first-order chi connectivity index (χ1) is 7.33. The Hall–Kier alpha value is -2.28. The second-order valence-corrected chi connectivity index (χ2v) is 2.75. The molecule has 76 valence electrons. The monoisotopic (exact) mass is 204 g/mol. The van der Waals surface area contributed by atoms with Crippen LogP contribution < -0.4 is 11.3 Å². The third-order valence-corrected chi connectivity index (χ3v) is 1.89. The number of hydrazine groups is 1. The molecule has 2 rings (SSSR count). The number of nitrogen functional groups attached to an aromatic ring is 1. The summed E-state index contributed by atoms with van der Waals surface area (Å²) in [6.45, 7) is 0. The minimum atomic E-state index is -0.393. The Labute approximate surface area is 84.6 Å². The first-order valence-corrected chi connectivity index (χ1v) is 4.16. The SMILES string of the molecule is NNC(=O)c1ccccc1-c1nn[nH]n1. The largest absolute Gasteiger partial charge is 0.290 e. The number of nitrogens with two attached hydrogens (primary N) is 1. The molecule has 1 aromatic heterocycles. The van der Waals surface area contributed by atoms with E-state index in [1.165, 1.54) is 0 Å². The van der Waals surface area contributed by atoms with Gasteiger partial charge in [-0.3, -0.25) is 10.2 Å². The van der Waals surface area contributed by atoms with Gasteiger partial charge in [0, 0.05) is 5.56 Å². The highest BCUT2D eigenvalue weighted by Crippen LogP contribution is 2.18. The first kappa shape index (κ1) is 9.28. The van der Waals surface area contributed by atoms with Gasteiger partial charge in [-0.05, 0) is 11.3 Å². The number of nitrogens with zero attached hydrogens (tertiary/aromatic N) is 3. The fourth-order valence-corrected chi connectivity index (χ4v) is 1.23. The lowest BCUT2D eigenvalue weighted by molar-refractivity contribution is 0.0954. The number of benzene rings is 1. The van der Waals surface area contributed by atoms with E-state index < -0.39 is 5.91 Å². The number of hydrogen-bond acceptors (Lipinski definition) is 5. The van der Waals surface area contributed by atoms with Gasteiger partial charge in [-0.2, -0.15) is 5.21 Å². The molecule has 0 aliphatic carbocycles. The highest BCUT2D eigenvalue weighted by atomic mass is 16.2. The number of aromatic amines is 1. The lowest BCUT2D eigenvalue weighted by atomic mass is 10.1. The van der Waals surface area contributed by atoms with Gasteiger partial charge in [0.05, 0.1) is 5.56 Å². The fourth-order valence-electron chi connectivity index (χ4n) is 1.23. The average Bonchev–Trinajstić information content (AvgIpc) is 2.81. The lowest BCUT2D eigenvalue weighted by Gasteiger charge is -2.03. The van der Waals surface area contributed by atoms with Crippen LogP contribution in [0.2, 0.25) is 0 Å². The molecule has 0 unspecified atom stereocenters. The van der Waals surface area contributed by atoms with Gasteiger partial charge in [0.2, 0.25) is 5.82 Å². The van der Waals surface area contributed by atoms with Gasteiger partial charge >= 0.3 is 0 Å². The van der Waals surface area contributed by atoms with Crippen molar-refractivity contribution in [1.29, 1.82) is 0 Å². The van der Waals surface area contributed by atoms with E-state index in [0.29, 0.717) is 17.0 Å². The standard InChI is InChI=1S/C8H8N6O/c9-10-8(15)6-4-2-1-3-5(6)7-11-13-14-12-7/h1-4H,9H2,(H,10,15)(H,11,12,13,14). The van der Waals surface area contributed by atoms with Gasteiger partial charge in [-0.15, -0.1) is 10.2 Å². The molecule has 15 heavy (non-hydrogen) atoms. The van der Waals surface area contributed by atoms with Crippen molar-refractivity contribution in [3.63, 3.8) is 0 Å². The predicted molar refractivity (Wildman–Crippen MR) is 51.3 cm³/mol. The second-order valence-electron chi connectivity index (χ2n) is 2.75. The summed E-state index contributed by atoms with van der Waals surface area (Å²) in [7, 11) is 0. The number of amides is 1. The number of rotatable bonds is 2. The summed E-state index contributed by atoms with van der Waals surface area (Å²) >= 11 is 0. The van der Waals surface area contributed by atoms with Crippen LogP contribution in [0.15, 0.2) is 24.3 Å². The maximum Gasteiger partial charge on any atom is 0.265 e. The van der Waals surface area contributed by atoms with Crippen molar-refractivity contribution in [2.75, 3.05) is 0 Å². The Balaban J connectivity index is 2.52. The van der Waals surface area contributed by atoms with E-state index >= 15 is 0 Å². The highest BCUT2D eigenvalue weighted by molar-refractivity contribution is 5.99. The number of hydrogen-bond donors (Lipinski definition) is 3. The molecule has 1 heterocycles. The summed E-state index contributed by atoms with van der Waals surface area (Å²) in [5.74, 6) is 5.03. The molecule has 0 aliphatic rings. The average molecular weight is 204 g/mol. The van der Waals surface area contributed by atoms with E-state index in [4.69, 9.17) is 5.84 Å². The molecule has 0 radical (unpaired) electrons. The summed E-state index contributed by atoms with van der Waals surface area (Å²) in [6, 6.07) is 6.86. The van der Waals surface area contributed by atoms with Crippen molar-refractivity contribution in [3.8, 4) is 11.4 Å². The Bertz CT molecular complexity index is 466. The van der Waals surface area contributed by atoms with E-state index in [0.717, 1.165) is 0 Å². The van der Waals surface area contributed by atoms with Crippen LogP contribution in [0.3, 0.4) is 0 Å². The smallest absolute Gasteiger partial charge is 0.265 e. The second kappa shape index (κ2) is 3.84. The first-order valence-electron chi connectivity index (χ1n) is 4.16. The molecule has 7 nitrogen and oxygen atoms in total. The minimum Gasteiger partial charge on any atom is -0.290 e. The minimum absolute atomic E-state index is 0.356. The third kappa shape index (κ3) is 1.67. The van der Waals surface area contributed by atoms with E-state index in [1.54, 1.807) is 24.3 Å². The molecule has 0 spiro atoms. The molecule has 0 saturated carbocycles. The topological polar surface area (TPSA) is 110 Å². The molecule has 0 fully saturated rings. The van der Waals surface area contributed by atoms with Crippen LogP contribution in [0.4, 0.5) is 0 Å². The summed E-state index contributed by atoms with van der Waals surface area (Å²) in [5.41, 5.74) is 3.04. The van der Waals surface area contributed by atoms with Gasteiger partial charge in [0.25, 0.3) is 5.91 Å². The van der Waals surface area contributed by atoms with E-state index in [2.05, 4.69) is 26.0 Å². The number of H-pyrrole nitrogens is 1. The Kier molecular flexibility index (Phi) is 2.38. The molecule has 0 aliphatic heterocycles. The maximum absolute atomic E-state index is 11.4. The van der Waals surface area contributed by atoms with Gasteiger partial charge in [0.15, 0.2) is 0 Å². The van der Waals surface area contributed by atoms with Gasteiger partial charge in [-0.1, -0.05) is 18.2 Å². The summed E-state index contributed by atoms with van der Waals surface area (Å²) in [6.07, 6.45) is 0. The van der Waals surface area contributed by atoms with Crippen LogP contribution in [-0.2, 0) is 0 Å². The molecule has 0 bridgehead atoms. The zero-order valence-corrected chi connectivity index (χ0v) is 7.64. The molecular weight excluding hydrogens is 196 g/mol. The van der Waals surface area contributed by atoms with Crippen LogP contribution in [0.1, 0.15) is 10.4 Å². The zero-order chi connectivity index (χ0) is 10.7. The molecule has 7 heteroatoms. The van der Waals surface area contributed by atoms with Crippen LogP contribution in [0.25, 0.3) is 11.4 Å². The predicted octanol–water partition coefficient (Wildman–Crippen LogP) is -0.530. The van der Waals surface area contributed by atoms with Crippen LogP contribution in [-0.4, -0.2) is 26.5 Å². The zero-order valence-electron chi connectivity index (χ0n) is 7.64. The normalized spacial score (nSPS) is 9.93. The fraction of sp³-hybridized carbons (Fsp3) is 0. The summed E-state index contributed by atoms with van der Waals surface area (Å²) in [4.78, 5) is 11.4. The van der Waals surface area contributed by atoms with Crippen molar-refractivity contribution in [2.45, 2.75) is 0 Å². The molecule has 1 aromatic carbocycles. The number of carbonyl (C=O) groups is 1.